The lowest BCUT2D eigenvalue weighted by atomic mass is 10.1. The van der Waals surface area contributed by atoms with Crippen LogP contribution >= 0.6 is 0 Å². The van der Waals surface area contributed by atoms with Gasteiger partial charge in [-0.05, 0) is 29.8 Å². The van der Waals surface area contributed by atoms with Crippen molar-refractivity contribution in [2.45, 2.75) is 0 Å². The normalized spacial score (nSPS) is 13.1. The Morgan fingerprint density at radius 2 is 2.09 bits per heavy atom. The molecule has 1 N–H and O–H groups in total. The van der Waals surface area contributed by atoms with Gasteiger partial charge in [0.2, 0.25) is 0 Å². The first-order valence-corrected chi connectivity index (χ1v) is 6.99. The molecule has 6 nitrogen and oxygen atoms in total. The highest BCUT2D eigenvalue weighted by molar-refractivity contribution is 6.09. The molecule has 23 heavy (non-hydrogen) atoms. The molecule has 1 aromatic carbocycles. The lowest BCUT2D eigenvalue weighted by molar-refractivity contribution is -0.112. The van der Waals surface area contributed by atoms with Gasteiger partial charge in [0.25, 0.3) is 5.91 Å². The number of carbonyl (C=O) groups excluding carboxylic acids is 1. The molecule has 0 bridgehead atoms. The maximum Gasteiger partial charge on any atom is 0.266 e. The van der Waals surface area contributed by atoms with Crippen LogP contribution in [0, 0.1) is 11.3 Å². The number of benzene rings is 1. The summed E-state index contributed by atoms with van der Waals surface area (Å²) in [7, 11) is 0. The van der Waals surface area contributed by atoms with Crippen LogP contribution in [0.1, 0.15) is 5.56 Å². The zero-order chi connectivity index (χ0) is 16.1. The molecule has 6 heteroatoms. The van der Waals surface area contributed by atoms with Crippen molar-refractivity contribution in [1.82, 2.24) is 4.98 Å². The number of nitrogens with one attached hydrogen (secondary N) is 1. The minimum Gasteiger partial charge on any atom is -0.486 e. The van der Waals surface area contributed by atoms with Gasteiger partial charge in [0.15, 0.2) is 11.5 Å². The molecule has 1 aliphatic rings. The Balaban J connectivity index is 1.78. The molecule has 3 rings (SSSR count). The number of hydrogen-bond acceptors (Lipinski definition) is 5. The minimum absolute atomic E-state index is 0.00658. The Kier molecular flexibility index (Phi) is 4.20. The molecule has 0 fully saturated rings. The van der Waals surface area contributed by atoms with Gasteiger partial charge >= 0.3 is 0 Å². The SMILES string of the molecule is N#CC(=Cc1cccnc1)C(=O)Nc1ccc2c(c1)OCCO2. The fourth-order valence-electron chi connectivity index (χ4n) is 2.10. The van der Waals surface area contributed by atoms with Gasteiger partial charge in [-0.2, -0.15) is 5.26 Å². The van der Waals surface area contributed by atoms with E-state index in [0.717, 1.165) is 0 Å². The van der Waals surface area contributed by atoms with Crippen LogP contribution in [0.25, 0.3) is 6.08 Å². The van der Waals surface area contributed by atoms with Crippen LogP contribution in [0.3, 0.4) is 0 Å². The molecule has 0 saturated heterocycles. The highest BCUT2D eigenvalue weighted by atomic mass is 16.6. The number of pyridine rings is 1. The number of nitriles is 1. The number of ether oxygens (including phenoxy) is 2. The van der Waals surface area contributed by atoms with E-state index in [9.17, 15) is 10.1 Å². The van der Waals surface area contributed by atoms with Crippen LogP contribution in [0.2, 0.25) is 0 Å². The van der Waals surface area contributed by atoms with Crippen molar-refractivity contribution >= 4 is 17.7 Å². The number of anilines is 1. The van der Waals surface area contributed by atoms with E-state index in [-0.39, 0.29) is 5.57 Å². The summed E-state index contributed by atoms with van der Waals surface area (Å²) < 4.78 is 10.9. The quantitative estimate of drug-likeness (QED) is 0.695. The molecule has 0 saturated carbocycles. The van der Waals surface area contributed by atoms with Crippen LogP contribution in [0.4, 0.5) is 5.69 Å². The minimum atomic E-state index is -0.493. The molecule has 1 amide bonds. The third-order valence-corrected chi connectivity index (χ3v) is 3.16. The lowest BCUT2D eigenvalue weighted by Crippen LogP contribution is -2.17. The van der Waals surface area contributed by atoms with Crippen LogP contribution in [-0.4, -0.2) is 24.1 Å². The monoisotopic (exact) mass is 307 g/mol. The Morgan fingerprint density at radius 1 is 1.26 bits per heavy atom. The molecular formula is C17H13N3O3. The van der Waals surface area contributed by atoms with Gasteiger partial charge in [0.05, 0.1) is 0 Å². The van der Waals surface area contributed by atoms with Crippen molar-refractivity contribution in [2.24, 2.45) is 0 Å². The number of carbonyl (C=O) groups is 1. The van der Waals surface area contributed by atoms with E-state index in [0.29, 0.717) is 36.0 Å². The van der Waals surface area contributed by atoms with E-state index in [1.54, 1.807) is 42.7 Å². The second kappa shape index (κ2) is 6.62. The van der Waals surface area contributed by atoms with Gasteiger partial charge < -0.3 is 14.8 Å². The predicted molar refractivity (Wildman–Crippen MR) is 83.9 cm³/mol. The summed E-state index contributed by atoms with van der Waals surface area (Å²) in [6.45, 7) is 0.972. The molecule has 2 aromatic rings. The largest absolute Gasteiger partial charge is 0.486 e. The maximum absolute atomic E-state index is 12.2. The van der Waals surface area contributed by atoms with Gasteiger partial charge in [0, 0.05) is 24.1 Å². The summed E-state index contributed by atoms with van der Waals surface area (Å²) in [5, 5.41) is 11.9. The van der Waals surface area contributed by atoms with Crippen molar-refractivity contribution in [3.63, 3.8) is 0 Å². The first-order chi connectivity index (χ1) is 11.3. The summed E-state index contributed by atoms with van der Waals surface area (Å²) in [5.41, 5.74) is 1.21. The van der Waals surface area contributed by atoms with E-state index in [2.05, 4.69) is 10.3 Å². The number of hydrogen-bond donors (Lipinski definition) is 1. The van der Waals surface area contributed by atoms with E-state index in [1.165, 1.54) is 6.08 Å². The highest BCUT2D eigenvalue weighted by Crippen LogP contribution is 2.32. The Hall–Kier alpha value is -3.33. The molecule has 0 aliphatic carbocycles. The van der Waals surface area contributed by atoms with Crippen molar-refractivity contribution in [3.05, 3.63) is 53.9 Å². The van der Waals surface area contributed by atoms with Gasteiger partial charge in [-0.15, -0.1) is 0 Å². The first-order valence-electron chi connectivity index (χ1n) is 6.99. The fourth-order valence-corrected chi connectivity index (χ4v) is 2.10. The third-order valence-electron chi connectivity index (χ3n) is 3.16. The van der Waals surface area contributed by atoms with Crippen LogP contribution in [-0.2, 0) is 4.79 Å². The number of amides is 1. The molecule has 0 unspecified atom stereocenters. The van der Waals surface area contributed by atoms with Gasteiger partial charge in [-0.25, -0.2) is 0 Å². The van der Waals surface area contributed by atoms with Gasteiger partial charge in [-0.1, -0.05) is 6.07 Å². The molecule has 0 spiro atoms. The van der Waals surface area contributed by atoms with Crippen LogP contribution < -0.4 is 14.8 Å². The van der Waals surface area contributed by atoms with E-state index < -0.39 is 5.91 Å². The van der Waals surface area contributed by atoms with E-state index in [1.807, 2.05) is 6.07 Å². The van der Waals surface area contributed by atoms with Crippen molar-refractivity contribution in [2.75, 3.05) is 18.5 Å². The zero-order valence-corrected chi connectivity index (χ0v) is 12.2. The summed E-state index contributed by atoms with van der Waals surface area (Å²) >= 11 is 0. The molecule has 0 atom stereocenters. The third kappa shape index (κ3) is 3.47. The number of rotatable bonds is 3. The Morgan fingerprint density at radius 3 is 2.83 bits per heavy atom. The van der Waals surface area contributed by atoms with Crippen LogP contribution in [0.15, 0.2) is 48.3 Å². The maximum atomic E-state index is 12.2. The summed E-state index contributed by atoms with van der Waals surface area (Å²) in [6.07, 6.45) is 4.69. The number of aromatic nitrogens is 1. The van der Waals surface area contributed by atoms with E-state index in [4.69, 9.17) is 9.47 Å². The van der Waals surface area contributed by atoms with Gasteiger partial charge in [0.1, 0.15) is 24.9 Å². The molecule has 0 radical (unpaired) electrons. The second-order valence-electron chi connectivity index (χ2n) is 4.77. The van der Waals surface area contributed by atoms with Crippen molar-refractivity contribution in [1.29, 1.82) is 5.26 Å². The predicted octanol–water partition coefficient (Wildman–Crippen LogP) is 2.40. The lowest BCUT2D eigenvalue weighted by Gasteiger charge is -2.18. The Bertz CT molecular complexity index is 794. The average Bonchev–Trinajstić information content (AvgIpc) is 2.60. The number of nitrogens with zero attached hydrogens (tertiary/aromatic N) is 2. The molecule has 1 aliphatic heterocycles. The Labute approximate surface area is 133 Å². The second-order valence-corrected chi connectivity index (χ2v) is 4.77. The number of fused-ring (bicyclic) bond motifs is 1. The zero-order valence-electron chi connectivity index (χ0n) is 12.2. The summed E-state index contributed by atoms with van der Waals surface area (Å²) in [6, 6.07) is 10.5. The van der Waals surface area contributed by atoms with Gasteiger partial charge in [-0.3, -0.25) is 9.78 Å². The van der Waals surface area contributed by atoms with Crippen molar-refractivity contribution < 1.29 is 14.3 Å². The average molecular weight is 307 g/mol. The summed E-state index contributed by atoms with van der Waals surface area (Å²) in [4.78, 5) is 16.2. The molecular weight excluding hydrogens is 294 g/mol. The molecule has 114 valence electrons. The molecule has 2 heterocycles. The summed E-state index contributed by atoms with van der Waals surface area (Å²) in [5.74, 6) is 0.720. The fraction of sp³-hybridized carbons (Fsp3) is 0.118. The highest BCUT2D eigenvalue weighted by Gasteiger charge is 2.14. The first kappa shape index (κ1) is 14.6. The standard InChI is InChI=1S/C17H13N3O3/c18-10-13(8-12-2-1-5-19-11-12)17(21)20-14-3-4-15-16(9-14)23-7-6-22-15/h1-5,8-9,11H,6-7H2,(H,20,21). The molecule has 1 aromatic heterocycles. The van der Waals surface area contributed by atoms with Crippen LogP contribution in [0.5, 0.6) is 11.5 Å². The van der Waals surface area contributed by atoms with E-state index >= 15 is 0 Å². The van der Waals surface area contributed by atoms with Crippen molar-refractivity contribution in [3.8, 4) is 17.6 Å². The topological polar surface area (TPSA) is 84.2 Å². The smallest absolute Gasteiger partial charge is 0.266 e.